The molecule has 1 heterocycles. The van der Waals surface area contributed by atoms with Crippen molar-refractivity contribution in [3.8, 4) is 0 Å². The molecule has 0 aromatic rings. The van der Waals surface area contributed by atoms with Gasteiger partial charge in [0.05, 0.1) is 12.5 Å². The van der Waals surface area contributed by atoms with E-state index in [2.05, 4.69) is 12.2 Å². The molecule has 2 atom stereocenters. The number of nitrogens with two attached hydrogens (primary N) is 1. The topological polar surface area (TPSA) is 64.3 Å². The largest absolute Gasteiger partial charge is 0.381 e. The van der Waals surface area contributed by atoms with Gasteiger partial charge in [0.1, 0.15) is 0 Å². The summed E-state index contributed by atoms with van der Waals surface area (Å²) in [7, 11) is 0. The van der Waals surface area contributed by atoms with Gasteiger partial charge in [0, 0.05) is 12.6 Å². The average molecular weight is 200 g/mol. The zero-order valence-corrected chi connectivity index (χ0v) is 8.79. The average Bonchev–Trinajstić information content (AvgIpc) is 2.69. The van der Waals surface area contributed by atoms with Crippen molar-refractivity contribution in [2.45, 2.75) is 32.2 Å². The predicted octanol–water partition coefficient (Wildman–Crippen LogP) is 0.267. The van der Waals surface area contributed by atoms with Crippen LogP contribution >= 0.6 is 0 Å². The third-order valence-corrected chi connectivity index (χ3v) is 2.65. The molecule has 1 aliphatic heterocycles. The lowest BCUT2D eigenvalue weighted by atomic mass is 10.1. The minimum absolute atomic E-state index is 0.0572. The Hall–Kier alpha value is -0.610. The van der Waals surface area contributed by atoms with Crippen LogP contribution in [-0.2, 0) is 9.53 Å². The fourth-order valence-electron chi connectivity index (χ4n) is 1.64. The molecule has 4 nitrogen and oxygen atoms in total. The van der Waals surface area contributed by atoms with E-state index in [9.17, 15) is 4.79 Å². The van der Waals surface area contributed by atoms with Gasteiger partial charge in [0.2, 0.25) is 5.91 Å². The number of ether oxygens (including phenoxy) is 1. The highest BCUT2D eigenvalue weighted by atomic mass is 16.5. The van der Waals surface area contributed by atoms with E-state index in [1.807, 2.05) is 0 Å². The summed E-state index contributed by atoms with van der Waals surface area (Å²) >= 11 is 0. The molecule has 14 heavy (non-hydrogen) atoms. The van der Waals surface area contributed by atoms with Gasteiger partial charge in [0.15, 0.2) is 0 Å². The van der Waals surface area contributed by atoms with Crippen LogP contribution in [0.4, 0.5) is 0 Å². The molecule has 3 N–H and O–H groups in total. The maximum absolute atomic E-state index is 11.7. The number of carbonyl (C=O) groups is 1. The molecule has 0 spiro atoms. The fourth-order valence-corrected chi connectivity index (χ4v) is 1.64. The molecule has 0 aromatic carbocycles. The first-order chi connectivity index (χ1) is 6.77. The Balaban J connectivity index is 2.29. The Morgan fingerprint density at radius 1 is 1.71 bits per heavy atom. The zero-order valence-electron chi connectivity index (χ0n) is 8.79. The zero-order chi connectivity index (χ0) is 10.4. The Morgan fingerprint density at radius 3 is 3.00 bits per heavy atom. The summed E-state index contributed by atoms with van der Waals surface area (Å²) in [5.74, 6) is 0.185. The van der Waals surface area contributed by atoms with Crippen LogP contribution in [0.25, 0.3) is 0 Å². The SMILES string of the molecule is CCC(CCN)NC(=O)C1CCOC1. The standard InChI is InChI=1S/C10H20N2O2/c1-2-9(3-5-11)12-10(13)8-4-6-14-7-8/h8-9H,2-7,11H2,1H3,(H,12,13). The Kier molecular flexibility index (Phi) is 4.90. The fraction of sp³-hybridized carbons (Fsp3) is 0.900. The molecule has 2 unspecified atom stereocenters. The van der Waals surface area contributed by atoms with Gasteiger partial charge in [0.25, 0.3) is 0 Å². The second-order valence-electron chi connectivity index (χ2n) is 3.75. The van der Waals surface area contributed by atoms with Gasteiger partial charge < -0.3 is 15.8 Å². The maximum Gasteiger partial charge on any atom is 0.225 e. The molecule has 1 aliphatic rings. The van der Waals surface area contributed by atoms with E-state index in [1.54, 1.807) is 0 Å². The first kappa shape index (κ1) is 11.5. The lowest BCUT2D eigenvalue weighted by Crippen LogP contribution is -2.39. The highest BCUT2D eigenvalue weighted by Crippen LogP contribution is 2.12. The molecular formula is C10H20N2O2. The van der Waals surface area contributed by atoms with Crippen LogP contribution in [0.1, 0.15) is 26.2 Å². The first-order valence-electron chi connectivity index (χ1n) is 5.36. The number of hydrogen-bond donors (Lipinski definition) is 2. The number of nitrogens with one attached hydrogen (secondary N) is 1. The van der Waals surface area contributed by atoms with Gasteiger partial charge in [-0.25, -0.2) is 0 Å². The minimum atomic E-state index is 0.0572. The smallest absolute Gasteiger partial charge is 0.225 e. The van der Waals surface area contributed by atoms with Gasteiger partial charge in [-0.05, 0) is 25.8 Å². The quantitative estimate of drug-likeness (QED) is 0.669. The van der Waals surface area contributed by atoms with Gasteiger partial charge >= 0.3 is 0 Å². The Bertz CT molecular complexity index is 179. The van der Waals surface area contributed by atoms with Crippen molar-refractivity contribution in [2.75, 3.05) is 19.8 Å². The van der Waals surface area contributed by atoms with Crippen LogP contribution in [0.2, 0.25) is 0 Å². The molecule has 4 heteroatoms. The van der Waals surface area contributed by atoms with E-state index in [0.717, 1.165) is 19.3 Å². The van der Waals surface area contributed by atoms with Crippen LogP contribution in [0.5, 0.6) is 0 Å². The molecule has 1 fully saturated rings. The Labute approximate surface area is 85.2 Å². The third-order valence-electron chi connectivity index (χ3n) is 2.65. The van der Waals surface area contributed by atoms with Crippen molar-refractivity contribution < 1.29 is 9.53 Å². The van der Waals surface area contributed by atoms with E-state index in [-0.39, 0.29) is 17.9 Å². The van der Waals surface area contributed by atoms with E-state index in [0.29, 0.717) is 19.8 Å². The molecule has 82 valence electrons. The normalized spacial score (nSPS) is 23.4. The number of amides is 1. The van der Waals surface area contributed by atoms with Gasteiger partial charge in [-0.15, -0.1) is 0 Å². The maximum atomic E-state index is 11.7. The molecule has 1 rings (SSSR count). The summed E-state index contributed by atoms with van der Waals surface area (Å²) in [5.41, 5.74) is 5.46. The highest BCUT2D eigenvalue weighted by Gasteiger charge is 2.24. The lowest BCUT2D eigenvalue weighted by molar-refractivity contribution is -0.125. The molecule has 1 saturated heterocycles. The highest BCUT2D eigenvalue weighted by molar-refractivity contribution is 5.79. The van der Waals surface area contributed by atoms with Crippen molar-refractivity contribution in [3.05, 3.63) is 0 Å². The van der Waals surface area contributed by atoms with Crippen LogP contribution in [-0.4, -0.2) is 31.7 Å². The Morgan fingerprint density at radius 2 is 2.50 bits per heavy atom. The van der Waals surface area contributed by atoms with E-state index >= 15 is 0 Å². The van der Waals surface area contributed by atoms with Gasteiger partial charge in [-0.1, -0.05) is 6.92 Å². The molecular weight excluding hydrogens is 180 g/mol. The van der Waals surface area contributed by atoms with E-state index in [4.69, 9.17) is 10.5 Å². The molecule has 0 aliphatic carbocycles. The van der Waals surface area contributed by atoms with Crippen molar-refractivity contribution in [2.24, 2.45) is 11.7 Å². The van der Waals surface area contributed by atoms with Crippen molar-refractivity contribution in [3.63, 3.8) is 0 Å². The predicted molar refractivity (Wildman–Crippen MR) is 54.8 cm³/mol. The van der Waals surface area contributed by atoms with Crippen molar-refractivity contribution in [1.82, 2.24) is 5.32 Å². The van der Waals surface area contributed by atoms with Crippen molar-refractivity contribution in [1.29, 1.82) is 0 Å². The summed E-state index contributed by atoms with van der Waals surface area (Å²) in [6.07, 6.45) is 2.65. The molecule has 0 radical (unpaired) electrons. The van der Waals surface area contributed by atoms with E-state index in [1.165, 1.54) is 0 Å². The van der Waals surface area contributed by atoms with Crippen LogP contribution in [0, 0.1) is 5.92 Å². The van der Waals surface area contributed by atoms with E-state index < -0.39 is 0 Å². The monoisotopic (exact) mass is 200 g/mol. The molecule has 0 aromatic heterocycles. The first-order valence-corrected chi connectivity index (χ1v) is 5.36. The number of rotatable bonds is 5. The molecule has 0 saturated carbocycles. The van der Waals surface area contributed by atoms with Crippen LogP contribution in [0.15, 0.2) is 0 Å². The van der Waals surface area contributed by atoms with Crippen LogP contribution in [0.3, 0.4) is 0 Å². The minimum Gasteiger partial charge on any atom is -0.381 e. The summed E-state index contributed by atoms with van der Waals surface area (Å²) in [4.78, 5) is 11.7. The summed E-state index contributed by atoms with van der Waals surface area (Å²) in [5, 5.41) is 3.01. The number of carbonyl (C=O) groups excluding carboxylic acids is 1. The lowest BCUT2D eigenvalue weighted by Gasteiger charge is -2.18. The second kappa shape index (κ2) is 5.98. The molecule has 0 bridgehead atoms. The van der Waals surface area contributed by atoms with Gasteiger partial charge in [-0.2, -0.15) is 0 Å². The van der Waals surface area contributed by atoms with Crippen LogP contribution < -0.4 is 11.1 Å². The summed E-state index contributed by atoms with van der Waals surface area (Å²) < 4.78 is 5.17. The second-order valence-corrected chi connectivity index (χ2v) is 3.75. The van der Waals surface area contributed by atoms with Gasteiger partial charge in [-0.3, -0.25) is 4.79 Å². The number of hydrogen-bond acceptors (Lipinski definition) is 3. The summed E-state index contributed by atoms with van der Waals surface area (Å²) in [6.45, 7) is 3.97. The third kappa shape index (κ3) is 3.27. The van der Waals surface area contributed by atoms with Crippen molar-refractivity contribution >= 4 is 5.91 Å². The molecule has 1 amide bonds. The summed E-state index contributed by atoms with van der Waals surface area (Å²) in [6, 6.07) is 0.230.